The van der Waals surface area contributed by atoms with Gasteiger partial charge in [0.15, 0.2) is 0 Å². The fourth-order valence-corrected chi connectivity index (χ4v) is 5.08. The highest BCUT2D eigenvalue weighted by molar-refractivity contribution is 5.94. The number of carbonyl (C=O) groups is 1. The lowest BCUT2D eigenvalue weighted by Crippen LogP contribution is -2.38. The molecule has 2 aliphatic carbocycles. The number of imidazole rings is 1. The van der Waals surface area contributed by atoms with Crippen molar-refractivity contribution >= 4 is 5.91 Å². The number of hydrogen-bond donors (Lipinski definition) is 0. The normalized spacial score (nSPS) is 16.2. The van der Waals surface area contributed by atoms with Gasteiger partial charge in [-0.15, -0.1) is 0 Å². The van der Waals surface area contributed by atoms with E-state index in [9.17, 15) is 4.79 Å². The van der Waals surface area contributed by atoms with Crippen LogP contribution in [0.15, 0.2) is 43.0 Å². The van der Waals surface area contributed by atoms with Gasteiger partial charge in [0.1, 0.15) is 0 Å². The van der Waals surface area contributed by atoms with Crippen LogP contribution in [0.2, 0.25) is 0 Å². The van der Waals surface area contributed by atoms with E-state index in [1.54, 1.807) is 6.20 Å². The molecule has 2 heterocycles. The molecule has 0 N–H and O–H groups in total. The van der Waals surface area contributed by atoms with Gasteiger partial charge in [0.2, 0.25) is 0 Å². The molecule has 1 fully saturated rings. The molecule has 0 saturated heterocycles. The van der Waals surface area contributed by atoms with Crippen molar-refractivity contribution in [2.24, 2.45) is 7.05 Å². The Balaban J connectivity index is 1.37. The molecule has 0 unspecified atom stereocenters. The summed E-state index contributed by atoms with van der Waals surface area (Å²) in [6.45, 7) is 1.39. The van der Waals surface area contributed by atoms with Gasteiger partial charge >= 0.3 is 0 Å². The van der Waals surface area contributed by atoms with Crippen LogP contribution in [0.1, 0.15) is 65.0 Å². The second kappa shape index (κ2) is 8.09. The molecule has 0 atom stereocenters. The maximum absolute atomic E-state index is 13.5. The van der Waals surface area contributed by atoms with Gasteiger partial charge in [-0.05, 0) is 55.4 Å². The van der Waals surface area contributed by atoms with Gasteiger partial charge in [0.25, 0.3) is 5.91 Å². The Morgan fingerprint density at radius 2 is 1.93 bits per heavy atom. The third kappa shape index (κ3) is 3.66. The molecule has 0 spiro atoms. The van der Waals surface area contributed by atoms with E-state index in [0.29, 0.717) is 12.6 Å². The number of fused-ring (bicyclic) bond motifs is 1. The summed E-state index contributed by atoms with van der Waals surface area (Å²) in [6.07, 6.45) is 13.5. The van der Waals surface area contributed by atoms with Crippen molar-refractivity contribution < 1.29 is 4.79 Å². The molecule has 30 heavy (non-hydrogen) atoms. The molecule has 1 aromatic carbocycles. The summed E-state index contributed by atoms with van der Waals surface area (Å²) in [5, 5.41) is 4.79. The summed E-state index contributed by atoms with van der Waals surface area (Å²) in [5.74, 6) is 0.133. The Labute approximate surface area is 177 Å². The minimum absolute atomic E-state index is 0.133. The number of hydrogen-bond acceptors (Lipinski definition) is 3. The zero-order chi connectivity index (χ0) is 20.5. The number of rotatable bonds is 6. The molecule has 6 heteroatoms. The van der Waals surface area contributed by atoms with Crippen LogP contribution in [0, 0.1) is 0 Å². The highest BCUT2D eigenvalue weighted by Gasteiger charge is 2.30. The van der Waals surface area contributed by atoms with Crippen molar-refractivity contribution in [2.75, 3.05) is 0 Å². The first kappa shape index (κ1) is 19.1. The summed E-state index contributed by atoms with van der Waals surface area (Å²) < 4.78 is 4.06. The molecule has 2 aromatic heterocycles. The first-order chi connectivity index (χ1) is 14.7. The third-order valence-electron chi connectivity index (χ3n) is 6.67. The molecule has 2 aliphatic rings. The largest absolute Gasteiger partial charge is 0.333 e. The summed E-state index contributed by atoms with van der Waals surface area (Å²) in [4.78, 5) is 19.7. The van der Waals surface area contributed by atoms with E-state index in [4.69, 9.17) is 5.10 Å². The second-order valence-electron chi connectivity index (χ2n) is 8.65. The Bertz CT molecular complexity index is 1010. The molecule has 0 radical (unpaired) electrons. The highest BCUT2D eigenvalue weighted by atomic mass is 16.2. The Morgan fingerprint density at radius 1 is 1.13 bits per heavy atom. The van der Waals surface area contributed by atoms with E-state index in [-0.39, 0.29) is 5.91 Å². The zero-order valence-electron chi connectivity index (χ0n) is 17.6. The van der Waals surface area contributed by atoms with Crippen LogP contribution in [0.4, 0.5) is 0 Å². The van der Waals surface area contributed by atoms with E-state index >= 15 is 0 Å². The molecule has 1 saturated carbocycles. The van der Waals surface area contributed by atoms with Crippen LogP contribution < -0.4 is 0 Å². The van der Waals surface area contributed by atoms with E-state index in [1.165, 1.54) is 36.1 Å². The van der Waals surface area contributed by atoms with Crippen LogP contribution in [0.5, 0.6) is 0 Å². The summed E-state index contributed by atoms with van der Waals surface area (Å²) in [6, 6.07) is 8.37. The van der Waals surface area contributed by atoms with E-state index < -0.39 is 0 Å². The van der Waals surface area contributed by atoms with Crippen LogP contribution in [-0.4, -0.2) is 36.2 Å². The Morgan fingerprint density at radius 3 is 2.67 bits per heavy atom. The van der Waals surface area contributed by atoms with E-state index in [0.717, 1.165) is 43.5 Å². The number of carbonyl (C=O) groups excluding carboxylic acids is 1. The van der Waals surface area contributed by atoms with Gasteiger partial charge in [0, 0.05) is 43.3 Å². The van der Waals surface area contributed by atoms with E-state index in [1.807, 2.05) is 41.0 Å². The average molecular weight is 404 g/mol. The topological polar surface area (TPSA) is 56.0 Å². The summed E-state index contributed by atoms with van der Waals surface area (Å²) >= 11 is 0. The predicted octanol–water partition coefficient (Wildman–Crippen LogP) is 3.74. The van der Waals surface area contributed by atoms with Gasteiger partial charge < -0.3 is 9.47 Å². The molecule has 3 aromatic rings. The molecular weight excluding hydrogens is 374 g/mol. The van der Waals surface area contributed by atoms with Crippen molar-refractivity contribution in [2.45, 2.75) is 64.1 Å². The van der Waals surface area contributed by atoms with Gasteiger partial charge in [-0.25, -0.2) is 4.98 Å². The minimum atomic E-state index is 0.133. The van der Waals surface area contributed by atoms with E-state index in [2.05, 4.69) is 22.0 Å². The maximum Gasteiger partial charge on any atom is 0.254 e. The number of amides is 1. The van der Waals surface area contributed by atoms with Crippen LogP contribution >= 0.6 is 0 Å². The number of aromatic nitrogens is 4. The van der Waals surface area contributed by atoms with Crippen molar-refractivity contribution in [3.05, 3.63) is 71.1 Å². The lowest BCUT2D eigenvalue weighted by Gasteiger charge is -2.29. The second-order valence-corrected chi connectivity index (χ2v) is 8.65. The highest BCUT2D eigenvalue weighted by Crippen LogP contribution is 2.30. The fourth-order valence-electron chi connectivity index (χ4n) is 5.08. The molecular formula is C24H29N5O. The van der Waals surface area contributed by atoms with Gasteiger partial charge in [-0.3, -0.25) is 9.48 Å². The first-order valence-electron chi connectivity index (χ1n) is 11.1. The van der Waals surface area contributed by atoms with Crippen molar-refractivity contribution in [1.29, 1.82) is 0 Å². The Hall–Kier alpha value is -2.89. The molecule has 0 bridgehead atoms. The molecule has 5 rings (SSSR count). The minimum Gasteiger partial charge on any atom is -0.333 e. The van der Waals surface area contributed by atoms with Gasteiger partial charge in [-0.1, -0.05) is 25.0 Å². The number of aryl methyl sites for hydroxylation is 1. The van der Waals surface area contributed by atoms with Crippen molar-refractivity contribution in [3.8, 4) is 0 Å². The lowest BCUT2D eigenvalue weighted by atomic mass is 10.1. The third-order valence-corrected chi connectivity index (χ3v) is 6.67. The maximum atomic E-state index is 13.5. The van der Waals surface area contributed by atoms with Gasteiger partial charge in [-0.2, -0.15) is 5.10 Å². The molecule has 6 nitrogen and oxygen atoms in total. The quantitative estimate of drug-likeness (QED) is 0.630. The SMILES string of the molecule is Cn1nc(CN(C(=O)c2ccc(Cn3ccnc3)cc2)C2CCCC2)c2c1CCC2. The lowest BCUT2D eigenvalue weighted by molar-refractivity contribution is 0.0661. The monoisotopic (exact) mass is 403 g/mol. The van der Waals surface area contributed by atoms with Crippen molar-refractivity contribution in [3.63, 3.8) is 0 Å². The fraction of sp³-hybridized carbons (Fsp3) is 0.458. The predicted molar refractivity (Wildman–Crippen MR) is 115 cm³/mol. The van der Waals surface area contributed by atoms with Gasteiger partial charge in [0.05, 0.1) is 18.6 Å². The molecule has 0 aliphatic heterocycles. The Kier molecular flexibility index (Phi) is 5.15. The van der Waals surface area contributed by atoms with Crippen molar-refractivity contribution in [1.82, 2.24) is 24.2 Å². The summed E-state index contributed by atoms with van der Waals surface area (Å²) in [7, 11) is 2.04. The van der Waals surface area contributed by atoms with Crippen LogP contribution in [0.25, 0.3) is 0 Å². The average Bonchev–Trinajstić information content (AvgIpc) is 3.54. The van der Waals surface area contributed by atoms with Crippen LogP contribution in [-0.2, 0) is 33.0 Å². The zero-order valence-corrected chi connectivity index (χ0v) is 17.6. The number of nitrogens with zero attached hydrogens (tertiary/aromatic N) is 5. The summed E-state index contributed by atoms with van der Waals surface area (Å²) in [5.41, 5.74) is 5.77. The first-order valence-corrected chi connectivity index (χ1v) is 11.1. The molecule has 156 valence electrons. The molecule has 1 amide bonds. The van der Waals surface area contributed by atoms with Crippen LogP contribution in [0.3, 0.4) is 0 Å². The smallest absolute Gasteiger partial charge is 0.254 e. The standard InChI is InChI=1S/C24H29N5O/c1-27-23-8-4-7-21(23)22(26-27)16-29(20-5-2-3-6-20)24(30)19-11-9-18(10-12-19)15-28-14-13-25-17-28/h9-14,17,20H,2-8,15-16H2,1H3. The number of benzene rings is 1.